The average Bonchev–Trinajstić information content (AvgIpc) is 3.28. The maximum Gasteiger partial charge on any atom is 0.313 e. The Morgan fingerprint density at radius 2 is 0.766 bits per heavy atom. The second kappa shape index (κ2) is 24.8. The van der Waals surface area contributed by atoms with E-state index in [2.05, 4.69) is 0 Å². The first-order chi connectivity index (χ1) is 31.1. The first kappa shape index (κ1) is 48.3. The summed E-state index contributed by atoms with van der Waals surface area (Å²) in [6.45, 7) is 6.61. The van der Waals surface area contributed by atoms with Crippen LogP contribution in [0.1, 0.15) is 77.3 Å². The number of nitrogens with zero attached hydrogens (tertiary/aromatic N) is 2. The van der Waals surface area contributed by atoms with Crippen LogP contribution in [0.3, 0.4) is 0 Å². The topological polar surface area (TPSA) is 164 Å². The van der Waals surface area contributed by atoms with Gasteiger partial charge in [-0.15, -0.1) is 0 Å². The highest BCUT2D eigenvalue weighted by molar-refractivity contribution is 6.00. The molecule has 0 heterocycles. The summed E-state index contributed by atoms with van der Waals surface area (Å²) in [4.78, 5) is 85.6. The summed E-state index contributed by atoms with van der Waals surface area (Å²) < 4.78 is 32.9. The number of amides is 2. The zero-order valence-corrected chi connectivity index (χ0v) is 37.0. The third kappa shape index (κ3) is 13.6. The molecule has 1 saturated carbocycles. The van der Waals surface area contributed by atoms with Crippen molar-refractivity contribution in [2.45, 2.75) is 79.3 Å². The Hall–Kier alpha value is -6.70. The van der Waals surface area contributed by atoms with Crippen LogP contribution in [0, 0.1) is 23.7 Å². The molecule has 1 aliphatic carbocycles. The molecule has 0 spiro atoms. The van der Waals surface area contributed by atoms with Gasteiger partial charge in [0.1, 0.15) is 23.0 Å². The molecule has 0 aliphatic heterocycles. The molecule has 1 aliphatic rings. The van der Waals surface area contributed by atoms with Crippen molar-refractivity contribution in [2.75, 3.05) is 26.7 Å². The fraction of sp³-hybridized carbons (Fsp3) is 0.400. The van der Waals surface area contributed by atoms with Crippen LogP contribution in [0.4, 0.5) is 0 Å². The smallest absolute Gasteiger partial charge is 0.313 e. The van der Waals surface area contributed by atoms with E-state index in [1.54, 1.807) is 47.9 Å². The van der Waals surface area contributed by atoms with Crippen molar-refractivity contribution in [3.8, 4) is 23.0 Å². The summed E-state index contributed by atoms with van der Waals surface area (Å²) in [5.74, 6) is -7.61. The number of hydrogen-bond acceptors (Lipinski definition) is 12. The van der Waals surface area contributed by atoms with Gasteiger partial charge in [0.25, 0.3) is 0 Å². The third-order valence-corrected chi connectivity index (χ3v) is 10.6. The molecule has 0 unspecified atom stereocenters. The van der Waals surface area contributed by atoms with E-state index >= 15 is 0 Å². The summed E-state index contributed by atoms with van der Waals surface area (Å²) in [5, 5.41) is 0. The van der Waals surface area contributed by atoms with Crippen molar-refractivity contribution in [3.05, 3.63) is 120 Å². The normalized spacial score (nSPS) is 16.3. The molecule has 0 radical (unpaired) electrons. The van der Waals surface area contributed by atoms with Gasteiger partial charge in [0.15, 0.2) is 0 Å². The quantitative estimate of drug-likeness (QED) is 0.0487. The highest BCUT2D eigenvalue weighted by Crippen LogP contribution is 2.50. The van der Waals surface area contributed by atoms with E-state index in [-0.39, 0.29) is 39.0 Å². The Labute approximate surface area is 374 Å². The number of esters is 4. The van der Waals surface area contributed by atoms with Gasteiger partial charge in [-0.3, -0.25) is 28.8 Å². The predicted octanol–water partition coefficient (Wildman–Crippen LogP) is 8.62. The molecule has 64 heavy (non-hydrogen) atoms. The molecular formula is C50H58N2O12. The standard InChI is InChI=1S/C50H58N2O12/c1-5-15-41(53)59-33-61-49(57)45-43(47(55)51(29-7-3)31-35-21-25-39(26-22-35)63-37-17-11-9-12-18-37)44(46(45)50(58)62-34-60-42(54)16-6-2)48(56)52(30-8-4)32-36-23-27-40(28-24-36)64-38-19-13-10-14-20-38/h9-14,17-28,43-46H,5-8,15-16,29-34H2,1-4H3/t43-,44-,45-,46-/m1/s1. The van der Waals surface area contributed by atoms with Crippen LogP contribution >= 0.6 is 0 Å². The SMILES string of the molecule is CCCC(=O)OCOC(=O)[C@H]1[C@H](C(=O)OCOC(=O)CCC)[C@H](C(=O)N(CCC)Cc2ccc(Oc3ccccc3)cc2)[C@H]1C(=O)N(CCC)Cc1ccc(Oc2ccccc2)cc1. The lowest BCUT2D eigenvalue weighted by Crippen LogP contribution is -2.64. The number of ether oxygens (including phenoxy) is 6. The van der Waals surface area contributed by atoms with Gasteiger partial charge in [-0.2, -0.15) is 0 Å². The van der Waals surface area contributed by atoms with Crippen molar-refractivity contribution < 1.29 is 57.2 Å². The van der Waals surface area contributed by atoms with Crippen molar-refractivity contribution in [1.82, 2.24) is 9.80 Å². The molecule has 0 saturated heterocycles. The number of hydrogen-bond donors (Lipinski definition) is 0. The first-order valence-corrected chi connectivity index (χ1v) is 21.9. The lowest BCUT2D eigenvalue weighted by molar-refractivity contribution is -0.202. The predicted molar refractivity (Wildman–Crippen MR) is 235 cm³/mol. The average molecular weight is 879 g/mol. The van der Waals surface area contributed by atoms with Crippen molar-refractivity contribution >= 4 is 35.7 Å². The number of para-hydroxylation sites is 2. The number of carbonyl (C=O) groups excluding carboxylic acids is 6. The molecule has 14 nitrogen and oxygen atoms in total. The summed E-state index contributed by atoms with van der Waals surface area (Å²) in [7, 11) is 0. The van der Waals surface area contributed by atoms with Gasteiger partial charge in [-0.05, 0) is 85.3 Å². The van der Waals surface area contributed by atoms with Crippen LogP contribution in [0.15, 0.2) is 109 Å². The molecule has 1 fully saturated rings. The molecule has 5 rings (SSSR count). The van der Waals surface area contributed by atoms with E-state index in [0.29, 0.717) is 48.7 Å². The maximum absolute atomic E-state index is 15.0. The minimum Gasteiger partial charge on any atom is -0.457 e. The monoisotopic (exact) mass is 878 g/mol. The number of rotatable bonds is 24. The van der Waals surface area contributed by atoms with Crippen LogP contribution in [-0.4, -0.2) is 72.2 Å². The fourth-order valence-electron chi connectivity index (χ4n) is 7.51. The van der Waals surface area contributed by atoms with Crippen LogP contribution < -0.4 is 9.47 Å². The molecule has 4 aromatic rings. The molecule has 14 heteroatoms. The van der Waals surface area contributed by atoms with E-state index in [4.69, 9.17) is 28.4 Å². The van der Waals surface area contributed by atoms with Crippen LogP contribution in [0.2, 0.25) is 0 Å². The Bertz CT molecular complexity index is 1980. The Morgan fingerprint density at radius 1 is 0.422 bits per heavy atom. The Morgan fingerprint density at radius 3 is 1.09 bits per heavy atom. The van der Waals surface area contributed by atoms with E-state index in [1.807, 2.05) is 98.8 Å². The van der Waals surface area contributed by atoms with E-state index in [1.165, 1.54) is 0 Å². The van der Waals surface area contributed by atoms with Gasteiger partial charge in [-0.1, -0.05) is 88.4 Å². The van der Waals surface area contributed by atoms with Gasteiger partial charge in [-0.25, -0.2) is 0 Å². The minimum atomic E-state index is -1.51. The largest absolute Gasteiger partial charge is 0.457 e. The van der Waals surface area contributed by atoms with Crippen molar-refractivity contribution in [1.29, 1.82) is 0 Å². The molecule has 4 aromatic carbocycles. The summed E-state index contributed by atoms with van der Waals surface area (Å²) in [6.07, 6.45) is 2.26. The highest BCUT2D eigenvalue weighted by atomic mass is 16.7. The van der Waals surface area contributed by atoms with Gasteiger partial charge in [0.2, 0.25) is 25.4 Å². The van der Waals surface area contributed by atoms with Gasteiger partial charge in [0, 0.05) is 39.0 Å². The number of benzene rings is 4. The maximum atomic E-state index is 15.0. The minimum absolute atomic E-state index is 0.0890. The Balaban J connectivity index is 1.46. The van der Waals surface area contributed by atoms with Crippen molar-refractivity contribution in [2.24, 2.45) is 23.7 Å². The summed E-state index contributed by atoms with van der Waals surface area (Å²) >= 11 is 0. The Kier molecular flexibility index (Phi) is 18.7. The molecule has 340 valence electrons. The lowest BCUT2D eigenvalue weighted by Gasteiger charge is -2.49. The summed E-state index contributed by atoms with van der Waals surface area (Å²) in [6, 6.07) is 33.1. The van der Waals surface area contributed by atoms with Crippen LogP contribution in [-0.2, 0) is 60.8 Å². The third-order valence-electron chi connectivity index (χ3n) is 10.6. The molecule has 0 aromatic heterocycles. The van der Waals surface area contributed by atoms with Crippen molar-refractivity contribution in [3.63, 3.8) is 0 Å². The second-order valence-corrected chi connectivity index (χ2v) is 15.4. The molecule has 4 atom stereocenters. The second-order valence-electron chi connectivity index (χ2n) is 15.4. The van der Waals surface area contributed by atoms with Crippen LogP contribution in [0.5, 0.6) is 23.0 Å². The number of carbonyl (C=O) groups is 6. The van der Waals surface area contributed by atoms with Gasteiger partial charge in [0.05, 0.1) is 23.7 Å². The lowest BCUT2D eigenvalue weighted by atomic mass is 9.55. The molecule has 0 bridgehead atoms. The van der Waals surface area contributed by atoms with Gasteiger partial charge >= 0.3 is 23.9 Å². The van der Waals surface area contributed by atoms with Crippen LogP contribution in [0.25, 0.3) is 0 Å². The summed E-state index contributed by atoms with van der Waals surface area (Å²) in [5.41, 5.74) is 1.51. The van der Waals surface area contributed by atoms with E-state index < -0.39 is 72.9 Å². The zero-order chi connectivity index (χ0) is 45.8. The molecular weight excluding hydrogens is 821 g/mol. The zero-order valence-electron chi connectivity index (χ0n) is 37.0. The first-order valence-electron chi connectivity index (χ1n) is 21.9. The van der Waals surface area contributed by atoms with E-state index in [0.717, 1.165) is 11.1 Å². The van der Waals surface area contributed by atoms with E-state index in [9.17, 15) is 28.8 Å². The molecule has 0 N–H and O–H groups in total. The highest BCUT2D eigenvalue weighted by Gasteiger charge is 2.65. The fourth-order valence-corrected chi connectivity index (χ4v) is 7.51. The van der Waals surface area contributed by atoms with Gasteiger partial charge < -0.3 is 38.2 Å². The molecule has 2 amide bonds.